The number of nitrogens with zero attached hydrogens (tertiary/aromatic N) is 6. The van der Waals surface area contributed by atoms with Gasteiger partial charge in [-0.2, -0.15) is 0 Å². The Morgan fingerprint density at radius 3 is 1.00 bits per heavy atom. The van der Waals surface area contributed by atoms with Gasteiger partial charge in [-0.3, -0.25) is 19.9 Å². The molecule has 18 nitrogen and oxygen atoms in total. The molecule has 0 atom stereocenters. The van der Waals surface area contributed by atoms with Crippen LogP contribution in [-0.2, 0) is 17.1 Å². The SMILES string of the molecule is O.O=C(O)c1cc(O)c(O)c(O)c1.O=[N+]([O-])[O-].O=[N+]([O-])[O-].[Cu+2].c1cnc2c(c1)ccc1cccnc12.c1cnc2c(c1)ccc1cccnc12. The summed E-state index contributed by atoms with van der Waals surface area (Å²) < 4.78 is 0. The van der Waals surface area contributed by atoms with E-state index in [1.807, 2.05) is 24.3 Å². The van der Waals surface area contributed by atoms with E-state index in [9.17, 15) is 4.79 Å². The third kappa shape index (κ3) is 11.7. The first-order valence-electron chi connectivity index (χ1n) is 13.2. The zero-order chi connectivity index (χ0) is 35.2. The molecule has 261 valence electrons. The molecule has 19 heteroatoms. The van der Waals surface area contributed by atoms with Gasteiger partial charge in [0.25, 0.3) is 0 Å². The number of hydrogen-bond donors (Lipinski definition) is 4. The van der Waals surface area contributed by atoms with Gasteiger partial charge >= 0.3 is 23.0 Å². The van der Waals surface area contributed by atoms with Crippen LogP contribution in [0.5, 0.6) is 17.2 Å². The van der Waals surface area contributed by atoms with Gasteiger partial charge in [-0.25, -0.2) is 4.79 Å². The van der Waals surface area contributed by atoms with E-state index in [-0.39, 0.29) is 28.1 Å². The van der Waals surface area contributed by atoms with Crippen molar-refractivity contribution in [2.24, 2.45) is 0 Å². The number of hydrogen-bond acceptors (Lipinski definition) is 14. The molecule has 0 spiro atoms. The summed E-state index contributed by atoms with van der Waals surface area (Å²) >= 11 is 0. The maximum absolute atomic E-state index is 10.3. The van der Waals surface area contributed by atoms with E-state index in [0.29, 0.717) is 0 Å². The summed E-state index contributed by atoms with van der Waals surface area (Å²) in [5.74, 6) is -3.33. The molecule has 4 aromatic heterocycles. The quantitative estimate of drug-likeness (QED) is 0.0580. The standard InChI is InChI=1S/2C12H8N2.C7H6O5.Cu.2NO3.H2O/c2*1-3-9-5-6-10-4-2-8-14-12(10)11(9)13-7-1;8-4-1-3(7(11)12)2-5(9)6(4)10;;2*2-1(3)4;/h2*1-8H;1-2,8-10H,(H,11,12);;;;1H2/q;;;+2;2*-1;. The molecule has 0 amide bonds. The van der Waals surface area contributed by atoms with Crippen molar-refractivity contribution in [1.82, 2.24) is 19.9 Å². The van der Waals surface area contributed by atoms with Crippen molar-refractivity contribution in [3.8, 4) is 17.2 Å². The monoisotopic (exact) mass is 735 g/mol. The zero-order valence-corrected chi connectivity index (χ0v) is 26.0. The minimum atomic E-state index is -1.75. The fourth-order valence-corrected chi connectivity index (χ4v) is 4.09. The average molecular weight is 736 g/mol. The van der Waals surface area contributed by atoms with E-state index in [0.717, 1.165) is 55.7 Å². The summed E-state index contributed by atoms with van der Waals surface area (Å²) in [5.41, 5.74) is 3.62. The average Bonchev–Trinajstić information content (AvgIpc) is 3.07. The molecule has 50 heavy (non-hydrogen) atoms. The summed E-state index contributed by atoms with van der Waals surface area (Å²) in [4.78, 5) is 44.2. The number of aromatic hydroxyl groups is 3. The number of aromatic carboxylic acids is 1. The first-order chi connectivity index (χ1) is 22.9. The Morgan fingerprint density at radius 1 is 0.540 bits per heavy atom. The summed E-state index contributed by atoms with van der Waals surface area (Å²) in [5, 5.41) is 69.0. The largest absolute Gasteiger partial charge is 2.00 e. The Bertz CT molecular complexity index is 1960. The van der Waals surface area contributed by atoms with Crippen LogP contribution in [0.15, 0.2) is 110 Å². The van der Waals surface area contributed by atoms with E-state index in [1.165, 1.54) is 0 Å². The Balaban J connectivity index is 0.000000334. The fraction of sp³-hybridized carbons (Fsp3) is 0. The van der Waals surface area contributed by atoms with Gasteiger partial charge in [0, 0.05) is 46.3 Å². The van der Waals surface area contributed by atoms with Gasteiger partial charge in [0.15, 0.2) is 17.2 Å². The number of pyridine rings is 4. The minimum absolute atomic E-state index is 0. The van der Waals surface area contributed by atoms with Gasteiger partial charge in [0.05, 0.1) is 37.8 Å². The van der Waals surface area contributed by atoms with Crippen LogP contribution in [0.25, 0.3) is 43.6 Å². The van der Waals surface area contributed by atoms with Crippen LogP contribution < -0.4 is 0 Å². The van der Waals surface area contributed by atoms with Crippen LogP contribution in [0.3, 0.4) is 0 Å². The van der Waals surface area contributed by atoms with Crippen LogP contribution in [0.2, 0.25) is 0 Å². The number of carboxylic acids is 1. The van der Waals surface area contributed by atoms with Crippen LogP contribution in [0, 0.1) is 30.6 Å². The smallest absolute Gasteiger partial charge is 0.504 e. The summed E-state index contributed by atoms with van der Waals surface area (Å²) in [6.07, 6.45) is 7.21. The summed E-state index contributed by atoms with van der Waals surface area (Å²) in [6, 6.07) is 26.0. The van der Waals surface area contributed by atoms with Crippen LogP contribution in [0.4, 0.5) is 0 Å². The second-order valence-corrected chi connectivity index (χ2v) is 9.05. The van der Waals surface area contributed by atoms with E-state index in [2.05, 4.69) is 68.5 Å². The van der Waals surface area contributed by atoms with Gasteiger partial charge in [-0.1, -0.05) is 48.5 Å². The third-order valence-corrected chi connectivity index (χ3v) is 6.01. The second-order valence-electron chi connectivity index (χ2n) is 9.05. The van der Waals surface area contributed by atoms with Gasteiger partial charge in [0.2, 0.25) is 0 Å². The number of rotatable bonds is 1. The Labute approximate surface area is 290 Å². The van der Waals surface area contributed by atoms with Crippen molar-refractivity contribution < 1.29 is 57.9 Å². The first kappa shape index (κ1) is 41.1. The normalized spacial score (nSPS) is 9.36. The van der Waals surface area contributed by atoms with Crippen LogP contribution in [0.1, 0.15) is 10.4 Å². The van der Waals surface area contributed by atoms with E-state index < -0.39 is 33.4 Å². The molecule has 0 saturated carbocycles. The molecule has 0 saturated heterocycles. The van der Waals surface area contributed by atoms with Gasteiger partial charge in [0.1, 0.15) is 0 Å². The molecule has 7 aromatic rings. The topological polar surface area (TPSA) is 313 Å². The predicted octanol–water partition coefficient (Wildman–Crippen LogP) is 4.76. The molecule has 3 aromatic carbocycles. The first-order valence-corrected chi connectivity index (χ1v) is 13.2. The number of aromatic nitrogens is 4. The van der Waals surface area contributed by atoms with Crippen molar-refractivity contribution in [3.63, 3.8) is 0 Å². The maximum atomic E-state index is 10.3. The molecule has 6 N–H and O–H groups in total. The molecule has 7 rings (SSSR count). The zero-order valence-electron chi connectivity index (χ0n) is 25.0. The molecule has 0 aliphatic rings. The minimum Gasteiger partial charge on any atom is -0.504 e. The van der Waals surface area contributed by atoms with E-state index in [4.69, 9.17) is 51.1 Å². The van der Waals surface area contributed by atoms with Gasteiger partial charge in [-0.15, -0.1) is 0 Å². The fourth-order valence-electron chi connectivity index (χ4n) is 4.09. The van der Waals surface area contributed by atoms with Gasteiger partial charge in [-0.05, 0) is 36.4 Å². The Hall–Kier alpha value is -6.95. The molecule has 4 heterocycles. The number of phenols is 3. The molecular formula is C31H24CuN6O12. The number of carbonyl (C=O) groups is 1. The molecule has 1 radical (unpaired) electrons. The van der Waals surface area contributed by atoms with Gasteiger partial charge < -0.3 is 56.5 Å². The van der Waals surface area contributed by atoms with E-state index >= 15 is 0 Å². The number of benzene rings is 3. The molecule has 0 unspecified atom stereocenters. The predicted molar refractivity (Wildman–Crippen MR) is 177 cm³/mol. The molecule has 0 fully saturated rings. The van der Waals surface area contributed by atoms with Crippen molar-refractivity contribution >= 4 is 49.6 Å². The van der Waals surface area contributed by atoms with E-state index in [1.54, 1.807) is 24.8 Å². The number of fused-ring (bicyclic) bond motifs is 6. The molecule has 0 aliphatic carbocycles. The van der Waals surface area contributed by atoms with Crippen molar-refractivity contribution in [2.75, 3.05) is 0 Å². The molecule has 0 aliphatic heterocycles. The van der Waals surface area contributed by atoms with Crippen molar-refractivity contribution in [2.45, 2.75) is 0 Å². The Kier molecular flexibility index (Phi) is 16.1. The van der Waals surface area contributed by atoms with Crippen LogP contribution >= 0.6 is 0 Å². The third-order valence-electron chi connectivity index (χ3n) is 6.01. The van der Waals surface area contributed by atoms with Crippen molar-refractivity contribution in [3.05, 3.63) is 146 Å². The molecule has 0 bridgehead atoms. The maximum Gasteiger partial charge on any atom is 2.00 e. The number of carboxylic acid groups (broad SMARTS) is 1. The Morgan fingerprint density at radius 2 is 0.780 bits per heavy atom. The second kappa shape index (κ2) is 19.6. The molecular weight excluding hydrogens is 712 g/mol. The summed E-state index contributed by atoms with van der Waals surface area (Å²) in [6.45, 7) is 0. The summed E-state index contributed by atoms with van der Waals surface area (Å²) in [7, 11) is 0. The van der Waals surface area contributed by atoms with Crippen LogP contribution in [-0.4, -0.2) is 62.0 Å². The number of phenolic OH excluding ortho intramolecular Hbond substituents is 3. The van der Waals surface area contributed by atoms with Crippen molar-refractivity contribution in [1.29, 1.82) is 0 Å².